The molecule has 1 heterocycles. The van der Waals surface area contributed by atoms with Crippen LogP contribution in [0.4, 0.5) is 4.79 Å². The number of methoxy groups -OCH3 is 3. The zero-order valence-electron chi connectivity index (χ0n) is 18.1. The van der Waals surface area contributed by atoms with E-state index in [4.69, 9.17) is 18.9 Å². The van der Waals surface area contributed by atoms with Crippen LogP contribution >= 0.6 is 0 Å². The first-order valence-corrected chi connectivity index (χ1v) is 10.2. The predicted octanol–water partition coefficient (Wildman–Crippen LogP) is 4.16. The molecule has 0 aromatic heterocycles. The Balaban J connectivity index is 1.71. The van der Waals surface area contributed by atoms with Gasteiger partial charge in [-0.3, -0.25) is 0 Å². The van der Waals surface area contributed by atoms with E-state index in [1.165, 1.54) is 0 Å². The first-order valence-electron chi connectivity index (χ1n) is 10.2. The molecule has 0 bridgehead atoms. The van der Waals surface area contributed by atoms with Crippen molar-refractivity contribution in [2.75, 3.05) is 34.5 Å². The lowest BCUT2D eigenvalue weighted by molar-refractivity contribution is 0.192. The van der Waals surface area contributed by atoms with Crippen molar-refractivity contribution in [3.8, 4) is 23.0 Å². The topological polar surface area (TPSA) is 69.3 Å². The molecule has 1 aliphatic rings. The fraction of sp³-hybridized carbons (Fsp3) is 0.435. The Labute approximate surface area is 177 Å². The number of likely N-dealkylation sites (tertiary alicyclic amines) is 1. The number of carbonyl (C=O) groups excluding carboxylic acids is 1. The molecule has 0 spiro atoms. The maximum absolute atomic E-state index is 12.9. The highest BCUT2D eigenvalue weighted by atomic mass is 16.5. The Morgan fingerprint density at radius 1 is 1.10 bits per heavy atom. The molecule has 1 unspecified atom stereocenters. The second kappa shape index (κ2) is 10.1. The lowest BCUT2D eigenvalue weighted by atomic mass is 10.0. The van der Waals surface area contributed by atoms with E-state index in [1.807, 2.05) is 48.2 Å². The third-order valence-electron chi connectivity index (χ3n) is 5.25. The van der Waals surface area contributed by atoms with Gasteiger partial charge in [0.1, 0.15) is 5.75 Å². The molecule has 0 saturated carbocycles. The molecule has 0 aliphatic carbocycles. The first-order chi connectivity index (χ1) is 14.6. The summed E-state index contributed by atoms with van der Waals surface area (Å²) in [5.41, 5.74) is 1.96. The molecular formula is C23H30N2O5. The van der Waals surface area contributed by atoms with Gasteiger partial charge in [0.25, 0.3) is 0 Å². The number of urea groups is 1. The minimum atomic E-state index is -0.0906. The van der Waals surface area contributed by atoms with E-state index >= 15 is 0 Å². The Bertz CT molecular complexity index is 845. The van der Waals surface area contributed by atoms with Crippen molar-refractivity contribution < 1.29 is 23.7 Å². The van der Waals surface area contributed by atoms with E-state index in [2.05, 4.69) is 5.32 Å². The summed E-state index contributed by atoms with van der Waals surface area (Å²) in [7, 11) is 4.82. The van der Waals surface area contributed by atoms with Crippen molar-refractivity contribution in [1.29, 1.82) is 0 Å². The number of nitrogens with zero attached hydrogens (tertiary/aromatic N) is 1. The third-order valence-corrected chi connectivity index (χ3v) is 5.25. The largest absolute Gasteiger partial charge is 0.497 e. The van der Waals surface area contributed by atoms with Gasteiger partial charge in [-0.15, -0.1) is 0 Å². The molecule has 1 aliphatic heterocycles. The Morgan fingerprint density at radius 2 is 1.83 bits per heavy atom. The second-order valence-corrected chi connectivity index (χ2v) is 7.05. The quantitative estimate of drug-likeness (QED) is 0.703. The molecule has 2 amide bonds. The zero-order valence-corrected chi connectivity index (χ0v) is 18.1. The normalized spacial score (nSPS) is 15.6. The number of hydrogen-bond acceptors (Lipinski definition) is 5. The van der Waals surface area contributed by atoms with Gasteiger partial charge in [0.2, 0.25) is 5.75 Å². The number of ether oxygens (including phenoxy) is 4. The van der Waals surface area contributed by atoms with Crippen LogP contribution in [0.5, 0.6) is 23.0 Å². The number of benzene rings is 2. The lowest BCUT2D eigenvalue weighted by Crippen LogP contribution is -2.39. The fourth-order valence-electron chi connectivity index (χ4n) is 3.81. The summed E-state index contributed by atoms with van der Waals surface area (Å²) in [5.74, 6) is 2.52. The molecule has 1 atom stereocenters. The summed E-state index contributed by atoms with van der Waals surface area (Å²) in [5, 5.41) is 3.03. The van der Waals surface area contributed by atoms with E-state index < -0.39 is 0 Å². The van der Waals surface area contributed by atoms with Crippen molar-refractivity contribution in [3.63, 3.8) is 0 Å². The van der Waals surface area contributed by atoms with Crippen LogP contribution in [0.3, 0.4) is 0 Å². The molecule has 2 aromatic rings. The van der Waals surface area contributed by atoms with Gasteiger partial charge < -0.3 is 29.2 Å². The molecule has 7 nitrogen and oxygen atoms in total. The third kappa shape index (κ3) is 4.72. The van der Waals surface area contributed by atoms with Gasteiger partial charge in [0.05, 0.1) is 34.0 Å². The van der Waals surface area contributed by atoms with Gasteiger partial charge in [-0.2, -0.15) is 0 Å². The van der Waals surface area contributed by atoms with Gasteiger partial charge in [0, 0.05) is 13.1 Å². The van der Waals surface area contributed by atoms with Crippen molar-refractivity contribution in [2.45, 2.75) is 32.4 Å². The minimum Gasteiger partial charge on any atom is -0.497 e. The minimum absolute atomic E-state index is 0.0458. The highest BCUT2D eigenvalue weighted by Gasteiger charge is 2.30. The summed E-state index contributed by atoms with van der Waals surface area (Å²) in [6.45, 7) is 3.49. The van der Waals surface area contributed by atoms with E-state index in [9.17, 15) is 4.79 Å². The highest BCUT2D eigenvalue weighted by molar-refractivity contribution is 5.75. The molecule has 2 aromatic carbocycles. The van der Waals surface area contributed by atoms with Gasteiger partial charge in [0.15, 0.2) is 11.5 Å². The second-order valence-electron chi connectivity index (χ2n) is 7.05. The van der Waals surface area contributed by atoms with Gasteiger partial charge in [-0.05, 0) is 55.2 Å². The smallest absolute Gasteiger partial charge is 0.318 e. The van der Waals surface area contributed by atoms with E-state index in [1.54, 1.807) is 21.3 Å². The molecule has 3 rings (SSSR count). The van der Waals surface area contributed by atoms with Gasteiger partial charge >= 0.3 is 6.03 Å². The molecule has 1 saturated heterocycles. The van der Waals surface area contributed by atoms with Crippen molar-refractivity contribution in [1.82, 2.24) is 10.2 Å². The van der Waals surface area contributed by atoms with Crippen molar-refractivity contribution >= 4 is 6.03 Å². The van der Waals surface area contributed by atoms with Crippen LogP contribution in [-0.4, -0.2) is 45.4 Å². The molecular weight excluding hydrogens is 384 g/mol. The number of nitrogens with one attached hydrogen (secondary N) is 1. The van der Waals surface area contributed by atoms with Gasteiger partial charge in [-0.25, -0.2) is 4.79 Å². The van der Waals surface area contributed by atoms with E-state index in [0.29, 0.717) is 30.4 Å². The molecule has 7 heteroatoms. The van der Waals surface area contributed by atoms with E-state index in [0.717, 1.165) is 36.3 Å². The molecule has 0 radical (unpaired) electrons. The monoisotopic (exact) mass is 414 g/mol. The van der Waals surface area contributed by atoms with Crippen molar-refractivity contribution in [2.24, 2.45) is 0 Å². The summed E-state index contributed by atoms with van der Waals surface area (Å²) in [6.07, 6.45) is 1.91. The highest BCUT2D eigenvalue weighted by Crippen LogP contribution is 2.38. The Hall–Kier alpha value is -3.09. The van der Waals surface area contributed by atoms with Crippen LogP contribution in [0.1, 0.15) is 36.9 Å². The Morgan fingerprint density at radius 3 is 2.47 bits per heavy atom. The molecule has 162 valence electrons. The summed E-state index contributed by atoms with van der Waals surface area (Å²) >= 11 is 0. The van der Waals surface area contributed by atoms with Crippen LogP contribution < -0.4 is 24.3 Å². The number of carbonyl (C=O) groups is 1. The number of rotatable bonds is 8. The molecule has 30 heavy (non-hydrogen) atoms. The number of hydrogen-bond donors (Lipinski definition) is 1. The summed E-state index contributed by atoms with van der Waals surface area (Å²) in [4.78, 5) is 14.8. The van der Waals surface area contributed by atoms with Gasteiger partial charge in [-0.1, -0.05) is 12.1 Å². The SMILES string of the molecule is CCOc1c(OC)cc(CNC(=O)N2CCCC2c2cccc(OC)c2)cc1OC. The first kappa shape index (κ1) is 21.6. The lowest BCUT2D eigenvalue weighted by Gasteiger charge is -2.26. The van der Waals surface area contributed by atoms with Crippen LogP contribution in [-0.2, 0) is 6.54 Å². The fourth-order valence-corrected chi connectivity index (χ4v) is 3.81. The van der Waals surface area contributed by atoms with Crippen LogP contribution in [0.2, 0.25) is 0 Å². The maximum atomic E-state index is 12.9. The van der Waals surface area contributed by atoms with E-state index in [-0.39, 0.29) is 12.1 Å². The number of amides is 2. The van der Waals surface area contributed by atoms with Crippen LogP contribution in [0.25, 0.3) is 0 Å². The van der Waals surface area contributed by atoms with Crippen molar-refractivity contribution in [3.05, 3.63) is 47.5 Å². The molecule has 1 fully saturated rings. The maximum Gasteiger partial charge on any atom is 0.318 e. The average molecular weight is 415 g/mol. The summed E-state index contributed by atoms with van der Waals surface area (Å²) < 4.78 is 21.9. The zero-order chi connectivity index (χ0) is 21.5. The standard InChI is InChI=1S/C23H30N2O5/c1-5-30-22-20(28-3)12-16(13-21(22)29-4)15-24-23(26)25-11-7-10-19(25)17-8-6-9-18(14-17)27-2/h6,8-9,12-14,19H,5,7,10-11,15H2,1-4H3,(H,24,26). The average Bonchev–Trinajstić information content (AvgIpc) is 3.28. The van der Waals surface area contributed by atoms with Crippen LogP contribution in [0, 0.1) is 0 Å². The predicted molar refractivity (Wildman–Crippen MR) is 115 cm³/mol. The Kier molecular flexibility index (Phi) is 7.27. The summed E-state index contributed by atoms with van der Waals surface area (Å²) in [6, 6.07) is 11.6. The molecule has 1 N–H and O–H groups in total. The van der Waals surface area contributed by atoms with Crippen LogP contribution in [0.15, 0.2) is 36.4 Å².